The van der Waals surface area contributed by atoms with E-state index in [1.165, 1.54) is 191 Å². The fourth-order valence-corrected chi connectivity index (χ4v) is 33.1. The van der Waals surface area contributed by atoms with Gasteiger partial charge in [0.05, 0.1) is 0 Å². The van der Waals surface area contributed by atoms with Crippen molar-refractivity contribution in [1.29, 1.82) is 0 Å². The fourth-order valence-electron chi connectivity index (χ4n) is 26.6. The smallest absolute Gasteiger partial charge is 0.201 e. The molecular formula is C131H138N4Si2+4. The summed E-state index contributed by atoms with van der Waals surface area (Å²) in [4.78, 5) is 0. The van der Waals surface area contributed by atoms with Gasteiger partial charge in [-0.25, -0.2) is 18.3 Å². The van der Waals surface area contributed by atoms with Crippen molar-refractivity contribution in [2.75, 3.05) is 0 Å². The molecule has 0 amide bonds. The SMILES string of the molecule is Cc1c[n+](C)c(-c2ccccc2C)cc1-c1ccc2c(c1)C(C)(C)c1ccccc1C2(C)C.Cc1c[n+](C)c(-c2ccccc2C)cc1-c1ccc2c(c1)C1(CC1)c1ccccc1C21CC1.[2H]C([2H])([2H])c1c[n+](C)c(-c2ccccc2C)cc1-c1ccc2c(c1)C1(CCCC1)c1ccccc1[Si]2(C)C.[2H]C([2H])([2H])c1c[n+](C)c(-c2ccccc2C)cc1-c1ccc2c(c1)C1(CCCCC1)c1ccccc1[Si]2(C)C. The molecular weight excluding hydrogens is 1690 g/mol. The largest absolute Gasteiger partial charge is 0.213 e. The van der Waals surface area contributed by atoms with Gasteiger partial charge < -0.3 is 0 Å². The van der Waals surface area contributed by atoms with Gasteiger partial charge in [0.25, 0.3) is 0 Å². The number of hydrogen-bond acceptors (Lipinski definition) is 0. The average Bonchev–Trinajstić information content (AvgIpc) is 1.55. The zero-order valence-corrected chi connectivity index (χ0v) is 86.0. The van der Waals surface area contributed by atoms with Crippen molar-refractivity contribution in [2.45, 2.75) is 225 Å². The summed E-state index contributed by atoms with van der Waals surface area (Å²) in [7, 11) is 4.41. The van der Waals surface area contributed by atoms with Gasteiger partial charge in [-0.3, -0.25) is 0 Å². The third-order valence-corrected chi connectivity index (χ3v) is 41.5. The highest BCUT2D eigenvalue weighted by Gasteiger charge is 2.60. The highest BCUT2D eigenvalue weighted by Crippen LogP contribution is 2.68. The average molecular weight is 1830 g/mol. The summed E-state index contributed by atoms with van der Waals surface area (Å²) < 4.78 is 59.0. The van der Waals surface area contributed by atoms with E-state index in [1.807, 2.05) is 53.8 Å². The molecule has 0 radical (unpaired) electrons. The summed E-state index contributed by atoms with van der Waals surface area (Å²) in [6.07, 6.45) is 24.2. The van der Waals surface area contributed by atoms with Gasteiger partial charge in [0, 0.05) is 109 Å². The second-order valence-corrected chi connectivity index (χ2v) is 52.7. The minimum atomic E-state index is -2.21. The number of benzene rings is 12. The highest BCUT2D eigenvalue weighted by molar-refractivity contribution is 7.02. The molecule has 137 heavy (non-hydrogen) atoms. The Kier molecular flexibility index (Phi) is 21.1. The van der Waals surface area contributed by atoms with Crippen LogP contribution >= 0.6 is 0 Å². The van der Waals surface area contributed by atoms with Gasteiger partial charge in [-0.2, -0.15) is 0 Å². The van der Waals surface area contributed by atoms with E-state index in [0.717, 1.165) is 70.5 Å². The molecule has 0 bridgehead atoms. The van der Waals surface area contributed by atoms with Crippen LogP contribution in [0.25, 0.3) is 89.5 Å². The van der Waals surface area contributed by atoms with Crippen LogP contribution in [0.1, 0.15) is 231 Å². The number of hydrogen-bond donors (Lipinski definition) is 0. The number of fused-ring (bicyclic) bond motifs is 16. The molecule has 8 aliphatic rings. The summed E-state index contributed by atoms with van der Waals surface area (Å²) in [5.74, 6) is 0. The van der Waals surface area contributed by atoms with E-state index >= 15 is 0 Å². The molecule has 0 N–H and O–H groups in total. The lowest BCUT2D eigenvalue weighted by Gasteiger charge is -2.48. The Bertz CT molecular complexity index is 7620. The molecule has 24 rings (SSSR count). The lowest BCUT2D eigenvalue weighted by Crippen LogP contribution is -2.63. The van der Waals surface area contributed by atoms with Crippen LogP contribution in [-0.4, -0.2) is 16.1 Å². The second kappa shape index (κ2) is 34.4. The summed E-state index contributed by atoms with van der Waals surface area (Å²) in [5.41, 5.74) is 45.5. The Labute approximate surface area is 827 Å². The monoisotopic (exact) mass is 1830 g/mol. The van der Waals surface area contributed by atoms with Crippen LogP contribution in [0.5, 0.6) is 0 Å². The van der Waals surface area contributed by atoms with Crippen LogP contribution in [0.3, 0.4) is 0 Å². The normalized spacial score (nSPS) is 18.0. The molecule has 4 aromatic heterocycles. The van der Waals surface area contributed by atoms with Gasteiger partial charge in [-0.15, -0.1) is 0 Å². The molecule has 4 saturated carbocycles. The van der Waals surface area contributed by atoms with Crippen molar-refractivity contribution < 1.29 is 26.5 Å². The van der Waals surface area contributed by atoms with Crippen LogP contribution in [0.2, 0.25) is 26.2 Å². The van der Waals surface area contributed by atoms with Crippen LogP contribution in [0, 0.1) is 55.2 Å². The zero-order valence-electron chi connectivity index (χ0n) is 90.0. The van der Waals surface area contributed by atoms with Crippen molar-refractivity contribution in [2.24, 2.45) is 28.2 Å². The van der Waals surface area contributed by atoms with Crippen molar-refractivity contribution in [1.82, 2.24) is 0 Å². The van der Waals surface area contributed by atoms with Crippen LogP contribution in [0.4, 0.5) is 0 Å². The van der Waals surface area contributed by atoms with Crippen molar-refractivity contribution in [3.8, 4) is 89.5 Å². The third-order valence-electron chi connectivity index (χ3n) is 34.4. The molecule has 4 spiro atoms. The molecule has 16 aromatic rings. The van der Waals surface area contributed by atoms with E-state index in [0.29, 0.717) is 11.1 Å². The lowest BCUT2D eigenvalue weighted by atomic mass is 9.60. The molecule has 686 valence electrons. The number of aromatic nitrogens is 4. The molecule has 4 nitrogen and oxygen atoms in total. The molecule has 6 heterocycles. The summed E-state index contributed by atoms with van der Waals surface area (Å²) in [6, 6.07) is 108. The number of rotatable bonds is 8. The number of nitrogens with zero attached hydrogens (tertiary/aromatic N) is 4. The molecule has 6 aliphatic carbocycles. The predicted octanol–water partition coefficient (Wildman–Crippen LogP) is 27.7. The maximum Gasteiger partial charge on any atom is 0.213 e. The molecule has 0 atom stereocenters. The minimum absolute atomic E-state index is 0.00946. The minimum Gasteiger partial charge on any atom is -0.201 e. The van der Waals surface area contributed by atoms with Crippen molar-refractivity contribution in [3.63, 3.8) is 0 Å². The second-order valence-electron chi connectivity index (χ2n) is 44.0. The quantitative estimate of drug-likeness (QED) is 0.106. The Balaban J connectivity index is 0.000000113. The maximum absolute atomic E-state index is 8.44. The highest BCUT2D eigenvalue weighted by atomic mass is 28.3. The summed E-state index contributed by atoms with van der Waals surface area (Å²) in [6.45, 7) is 28.1. The zero-order chi connectivity index (χ0) is 100. The van der Waals surface area contributed by atoms with Crippen LogP contribution < -0.4 is 39.0 Å². The Hall–Kier alpha value is -12.3. The molecule has 6 heteroatoms. The molecule has 0 unspecified atom stereocenters. The predicted molar refractivity (Wildman–Crippen MR) is 579 cm³/mol. The number of pyridine rings is 4. The van der Waals surface area contributed by atoms with Gasteiger partial charge in [0.15, 0.2) is 24.8 Å². The first-order valence-electron chi connectivity index (χ1n) is 53.6. The van der Waals surface area contributed by atoms with E-state index in [-0.39, 0.29) is 32.5 Å². The van der Waals surface area contributed by atoms with Gasteiger partial charge in [0.2, 0.25) is 22.8 Å². The van der Waals surface area contributed by atoms with E-state index < -0.39 is 29.9 Å². The lowest BCUT2D eigenvalue weighted by molar-refractivity contribution is -0.660. The maximum atomic E-state index is 8.44. The van der Waals surface area contributed by atoms with Crippen molar-refractivity contribution in [3.05, 3.63) is 427 Å². The molecule has 12 aromatic carbocycles. The van der Waals surface area contributed by atoms with E-state index in [1.54, 1.807) is 32.6 Å². The van der Waals surface area contributed by atoms with Crippen LogP contribution in [-0.2, 0) is 60.7 Å². The third kappa shape index (κ3) is 15.1. The topological polar surface area (TPSA) is 15.5 Å². The summed E-state index contributed by atoms with van der Waals surface area (Å²) in [5, 5.41) is 6.17. The first-order valence-corrected chi connectivity index (χ1v) is 56.6. The van der Waals surface area contributed by atoms with E-state index in [9.17, 15) is 0 Å². The first kappa shape index (κ1) is 84.0. The van der Waals surface area contributed by atoms with Gasteiger partial charge >= 0.3 is 0 Å². The fraction of sp³-hybridized carbons (Fsp3) is 0.298. The molecule has 0 saturated heterocycles. The Morgan fingerprint density at radius 2 is 0.467 bits per heavy atom. The van der Waals surface area contributed by atoms with Gasteiger partial charge in [0.1, 0.15) is 44.3 Å². The van der Waals surface area contributed by atoms with Gasteiger partial charge in [-0.1, -0.05) is 337 Å². The number of aryl methyl sites for hydroxylation is 12. The van der Waals surface area contributed by atoms with Crippen LogP contribution in [0.15, 0.2) is 316 Å². The standard InChI is InChI=1S/C34H38NSi.C33H36NSi.C32H30N.C32H34N/c1-24-13-7-8-14-27(24)31-22-28(25(2)23-35(31)3)26-17-18-33-30(21-26)34(19-11-6-12-20-34)29-15-9-10-16-32(29)36(33,4)5;1-23-12-6-7-13-26(23)30-21-27(24(2)22-34(30)3)25-16-17-32-29(20-25)33(18-10-11-19-33)28-14-8-9-15-31(28)35(32,4)5;1-21-8-4-5-9-24(21)30-19-25(22(2)20-33(30)3)23-12-13-28-29(18-23)32(16-17-32)27-11-7-6-10-26(27)31(28)14-15-31;1-21-12-8-9-13-24(21)30-19-25(22(2)20-33(30)7)23-16-17-28-29(18-23)32(5,6)27-15-11-10-14-26(27)31(28,3)4/h7-10,13-18,21-23H,6,11-12,19-20H2,1-5H3;6-9,12-17,20-22H,10-11,18-19H2,1-5H3;4-13,18-20H,14-17H2,1-3H3;8-20H,1-7H3/q4*+1/i2*2D3;;. The first-order chi connectivity index (χ1) is 68.2. The van der Waals surface area contributed by atoms with E-state index in [4.69, 9.17) is 8.22 Å². The Morgan fingerprint density at radius 1 is 0.219 bits per heavy atom. The van der Waals surface area contributed by atoms with Crippen molar-refractivity contribution >= 4 is 36.9 Å². The molecule has 2 aliphatic heterocycles. The van der Waals surface area contributed by atoms with E-state index in [2.05, 4.69) is 404 Å². The summed E-state index contributed by atoms with van der Waals surface area (Å²) >= 11 is 0. The molecule has 4 fully saturated rings. The Morgan fingerprint density at radius 3 is 0.825 bits per heavy atom. The van der Waals surface area contributed by atoms with Gasteiger partial charge in [-0.05, 0) is 277 Å².